The zero-order chi connectivity index (χ0) is 13.2. The lowest BCUT2D eigenvalue weighted by Gasteiger charge is -2.34. The van der Waals surface area contributed by atoms with Crippen LogP contribution in [0.4, 0.5) is 0 Å². The van der Waals surface area contributed by atoms with Gasteiger partial charge < -0.3 is 9.84 Å². The molecule has 0 aliphatic carbocycles. The minimum absolute atomic E-state index is 0.199. The summed E-state index contributed by atoms with van der Waals surface area (Å²) in [6.45, 7) is 2.97. The Morgan fingerprint density at radius 1 is 1.16 bits per heavy atom. The maximum atomic E-state index is 9.54. The summed E-state index contributed by atoms with van der Waals surface area (Å²) >= 11 is 0. The van der Waals surface area contributed by atoms with Gasteiger partial charge in [-0.2, -0.15) is 0 Å². The highest BCUT2D eigenvalue weighted by Gasteiger charge is 2.30. The predicted octanol–water partition coefficient (Wildman–Crippen LogP) is 3.34. The van der Waals surface area contributed by atoms with Crippen LogP contribution in [0, 0.1) is 5.92 Å². The molecule has 0 saturated carbocycles. The molecule has 0 amide bonds. The number of fused-ring (bicyclic) bond motifs is 1. The van der Waals surface area contributed by atoms with Crippen LogP contribution in [0.25, 0.3) is 10.8 Å². The molecule has 0 aromatic heterocycles. The van der Waals surface area contributed by atoms with Crippen LogP contribution in [0.5, 0.6) is 0 Å². The van der Waals surface area contributed by atoms with Crippen LogP contribution in [-0.2, 0) is 4.74 Å². The fourth-order valence-electron chi connectivity index (χ4n) is 3.05. The molecule has 2 nitrogen and oxygen atoms in total. The monoisotopic (exact) mass is 256 g/mol. The molecule has 100 valence electrons. The molecular weight excluding hydrogens is 236 g/mol. The molecule has 1 fully saturated rings. The smallest absolute Gasteiger partial charge is 0.0553 e. The van der Waals surface area contributed by atoms with E-state index in [2.05, 4.69) is 49.4 Å². The fraction of sp³-hybridized carbons (Fsp3) is 0.412. The first-order chi connectivity index (χ1) is 9.28. The topological polar surface area (TPSA) is 29.5 Å². The number of aliphatic hydroxyl groups excluding tert-OH is 1. The van der Waals surface area contributed by atoms with Crippen molar-refractivity contribution in [1.82, 2.24) is 0 Å². The lowest BCUT2D eigenvalue weighted by molar-refractivity contribution is -0.0328. The number of hydrogen-bond acceptors (Lipinski definition) is 2. The number of rotatable bonds is 2. The highest BCUT2D eigenvalue weighted by Crippen LogP contribution is 2.35. The maximum Gasteiger partial charge on any atom is 0.0553 e. The molecule has 0 radical (unpaired) electrons. The quantitative estimate of drug-likeness (QED) is 0.893. The minimum Gasteiger partial charge on any atom is -0.396 e. The van der Waals surface area contributed by atoms with Gasteiger partial charge in [-0.1, -0.05) is 42.5 Å². The summed E-state index contributed by atoms with van der Waals surface area (Å²) in [7, 11) is 0. The first-order valence-electron chi connectivity index (χ1n) is 6.99. The van der Waals surface area contributed by atoms with Gasteiger partial charge in [-0.25, -0.2) is 0 Å². The lowest BCUT2D eigenvalue weighted by Crippen LogP contribution is -2.32. The number of hydrogen-bond donors (Lipinski definition) is 1. The molecule has 0 spiro atoms. The highest BCUT2D eigenvalue weighted by atomic mass is 16.5. The van der Waals surface area contributed by atoms with Crippen molar-refractivity contribution < 1.29 is 9.84 Å². The molecular formula is C17H20O2. The van der Waals surface area contributed by atoms with Crippen molar-refractivity contribution in [3.8, 4) is 0 Å². The van der Waals surface area contributed by atoms with Crippen LogP contribution in [0.1, 0.15) is 24.8 Å². The van der Waals surface area contributed by atoms with E-state index in [1.165, 1.54) is 16.3 Å². The summed E-state index contributed by atoms with van der Waals surface area (Å²) in [5.41, 5.74) is 1.33. The molecule has 19 heavy (non-hydrogen) atoms. The molecule has 1 aliphatic heterocycles. The van der Waals surface area contributed by atoms with Crippen LogP contribution < -0.4 is 0 Å². The Hall–Kier alpha value is -1.38. The lowest BCUT2D eigenvalue weighted by atomic mass is 9.80. The Bertz CT molecular complexity index is 564. The van der Waals surface area contributed by atoms with E-state index >= 15 is 0 Å². The second kappa shape index (κ2) is 5.32. The van der Waals surface area contributed by atoms with E-state index < -0.39 is 0 Å². The highest BCUT2D eigenvalue weighted by molar-refractivity contribution is 5.83. The van der Waals surface area contributed by atoms with Gasteiger partial charge >= 0.3 is 0 Å². The van der Waals surface area contributed by atoms with E-state index in [-0.39, 0.29) is 18.6 Å². The average molecular weight is 256 g/mol. The molecule has 1 heterocycles. The summed E-state index contributed by atoms with van der Waals surface area (Å²) in [4.78, 5) is 0. The van der Waals surface area contributed by atoms with Gasteiger partial charge in [0.2, 0.25) is 0 Å². The first-order valence-corrected chi connectivity index (χ1v) is 6.99. The largest absolute Gasteiger partial charge is 0.396 e. The Labute approximate surface area is 114 Å². The van der Waals surface area contributed by atoms with Gasteiger partial charge in [0.25, 0.3) is 0 Å². The predicted molar refractivity (Wildman–Crippen MR) is 77.3 cm³/mol. The molecule has 1 N–H and O–H groups in total. The number of ether oxygens (including phenoxy) is 1. The van der Waals surface area contributed by atoms with Crippen LogP contribution in [0.15, 0.2) is 42.5 Å². The van der Waals surface area contributed by atoms with E-state index in [0.717, 1.165) is 6.42 Å². The third-order valence-corrected chi connectivity index (χ3v) is 4.19. The van der Waals surface area contributed by atoms with E-state index in [1.807, 2.05) is 0 Å². The van der Waals surface area contributed by atoms with Crippen molar-refractivity contribution >= 4 is 10.8 Å². The second-order valence-electron chi connectivity index (χ2n) is 5.54. The Balaban J connectivity index is 1.97. The van der Waals surface area contributed by atoms with Gasteiger partial charge in [0.1, 0.15) is 0 Å². The van der Waals surface area contributed by atoms with Gasteiger partial charge in [-0.3, -0.25) is 0 Å². The Morgan fingerprint density at radius 3 is 2.74 bits per heavy atom. The van der Waals surface area contributed by atoms with Gasteiger partial charge in [0, 0.05) is 12.5 Å². The molecule has 0 unspecified atom stereocenters. The second-order valence-corrected chi connectivity index (χ2v) is 5.54. The van der Waals surface area contributed by atoms with Crippen LogP contribution in [-0.4, -0.2) is 24.4 Å². The van der Waals surface area contributed by atoms with Crippen LogP contribution in [0.3, 0.4) is 0 Å². The molecule has 2 heteroatoms. The minimum atomic E-state index is 0.199. The normalized spacial score (nSPS) is 27.6. The summed E-state index contributed by atoms with van der Waals surface area (Å²) in [6.07, 6.45) is 1.27. The third-order valence-electron chi connectivity index (χ3n) is 4.19. The van der Waals surface area contributed by atoms with Crippen molar-refractivity contribution in [3.05, 3.63) is 48.0 Å². The molecule has 2 aromatic rings. The van der Waals surface area contributed by atoms with Crippen molar-refractivity contribution in [3.63, 3.8) is 0 Å². The van der Waals surface area contributed by atoms with Gasteiger partial charge in [0.15, 0.2) is 0 Å². The Kier molecular flexibility index (Phi) is 3.54. The SMILES string of the molecule is C[C@H]1C[C@@H](c2ccc3ccccc3c2)[C@H](CO)CO1. The van der Waals surface area contributed by atoms with Crippen molar-refractivity contribution in [1.29, 1.82) is 0 Å². The van der Waals surface area contributed by atoms with Gasteiger partial charge in [-0.05, 0) is 35.6 Å². The Morgan fingerprint density at radius 2 is 1.95 bits per heavy atom. The number of aliphatic hydroxyl groups is 1. The van der Waals surface area contributed by atoms with Gasteiger partial charge in [-0.15, -0.1) is 0 Å². The van der Waals surface area contributed by atoms with Gasteiger partial charge in [0.05, 0.1) is 12.7 Å². The third kappa shape index (κ3) is 2.51. The maximum absolute atomic E-state index is 9.54. The van der Waals surface area contributed by atoms with E-state index in [9.17, 15) is 5.11 Å². The average Bonchev–Trinajstić information content (AvgIpc) is 2.46. The van der Waals surface area contributed by atoms with Crippen molar-refractivity contribution in [2.24, 2.45) is 5.92 Å². The van der Waals surface area contributed by atoms with Crippen LogP contribution in [0.2, 0.25) is 0 Å². The van der Waals surface area contributed by atoms with E-state index in [1.54, 1.807) is 0 Å². The molecule has 3 rings (SSSR count). The van der Waals surface area contributed by atoms with Crippen LogP contribution >= 0.6 is 0 Å². The zero-order valence-corrected chi connectivity index (χ0v) is 11.3. The molecule has 1 saturated heterocycles. The van der Waals surface area contributed by atoms with E-state index in [4.69, 9.17) is 4.74 Å². The standard InChI is InChI=1S/C17H20O2/c1-12-8-17(16(10-18)11-19-12)15-7-6-13-4-2-3-5-14(13)9-15/h2-7,9,12,16-18H,8,10-11H2,1H3/t12-,16+,17-/m0/s1. The summed E-state index contributed by atoms with van der Waals surface area (Å²) in [5.74, 6) is 0.621. The molecule has 3 atom stereocenters. The zero-order valence-electron chi connectivity index (χ0n) is 11.3. The summed E-state index contributed by atoms with van der Waals surface area (Å²) < 4.78 is 5.66. The summed E-state index contributed by atoms with van der Waals surface area (Å²) in [5, 5.41) is 12.1. The molecule has 0 bridgehead atoms. The first kappa shape index (κ1) is 12.6. The van der Waals surface area contributed by atoms with E-state index in [0.29, 0.717) is 12.5 Å². The fourth-order valence-corrected chi connectivity index (χ4v) is 3.05. The molecule has 2 aromatic carbocycles. The van der Waals surface area contributed by atoms with Crippen molar-refractivity contribution in [2.75, 3.05) is 13.2 Å². The number of benzene rings is 2. The summed E-state index contributed by atoms with van der Waals surface area (Å²) in [6, 6.07) is 15.1. The van der Waals surface area contributed by atoms with Crippen molar-refractivity contribution in [2.45, 2.75) is 25.4 Å². The molecule has 1 aliphatic rings.